The molecule has 1 aromatic rings. The third-order valence-electron chi connectivity index (χ3n) is 3.37. The Morgan fingerprint density at radius 1 is 1.29 bits per heavy atom. The van der Waals surface area contributed by atoms with Crippen LogP contribution in [0, 0.1) is 6.92 Å². The lowest BCUT2D eigenvalue weighted by molar-refractivity contribution is 0.156. The molecule has 2 heteroatoms. The smallest absolute Gasteiger partial charge is 0.114 e. The summed E-state index contributed by atoms with van der Waals surface area (Å²) in [5.74, 6) is 0.628. The zero-order chi connectivity index (χ0) is 12.1. The van der Waals surface area contributed by atoms with Crippen LogP contribution in [0.5, 0.6) is 0 Å². The van der Waals surface area contributed by atoms with Gasteiger partial charge in [0.1, 0.15) is 6.61 Å². The molecule has 0 radical (unpaired) electrons. The van der Waals surface area contributed by atoms with Gasteiger partial charge in [-0.3, -0.25) is 0 Å². The molecular formula is C15H21NO. The van der Waals surface area contributed by atoms with E-state index in [0.717, 1.165) is 12.8 Å². The molecule has 0 N–H and O–H groups in total. The Morgan fingerprint density at radius 3 is 2.76 bits per heavy atom. The van der Waals surface area contributed by atoms with Gasteiger partial charge in [-0.15, -0.1) is 0 Å². The average molecular weight is 231 g/mol. The van der Waals surface area contributed by atoms with Gasteiger partial charge in [0.05, 0.1) is 5.71 Å². The molecule has 1 saturated carbocycles. The van der Waals surface area contributed by atoms with Crippen LogP contribution in [0.2, 0.25) is 0 Å². The molecule has 1 aromatic carbocycles. The molecule has 1 atom stereocenters. The summed E-state index contributed by atoms with van der Waals surface area (Å²) in [6, 6.07) is 8.90. The first-order valence-electron chi connectivity index (χ1n) is 6.54. The molecular weight excluding hydrogens is 210 g/mol. The second kappa shape index (κ2) is 5.85. The van der Waals surface area contributed by atoms with Crippen LogP contribution in [0.3, 0.4) is 0 Å². The van der Waals surface area contributed by atoms with E-state index in [1.165, 1.54) is 29.7 Å². The summed E-state index contributed by atoms with van der Waals surface area (Å²) in [5.41, 5.74) is 4.00. The summed E-state index contributed by atoms with van der Waals surface area (Å²) in [5, 5.41) is 4.21. The lowest BCUT2D eigenvalue weighted by Gasteiger charge is -2.23. The summed E-state index contributed by atoms with van der Waals surface area (Å²) >= 11 is 0. The summed E-state index contributed by atoms with van der Waals surface area (Å²) in [6.07, 6.45) is 4.66. The molecule has 1 aliphatic carbocycles. The monoisotopic (exact) mass is 231 g/mol. The molecule has 2 rings (SSSR count). The van der Waals surface area contributed by atoms with Crippen molar-refractivity contribution in [2.24, 2.45) is 5.16 Å². The highest BCUT2D eigenvalue weighted by Gasteiger charge is 2.20. The van der Waals surface area contributed by atoms with Crippen molar-refractivity contribution in [3.05, 3.63) is 35.4 Å². The van der Waals surface area contributed by atoms with Gasteiger partial charge in [0.2, 0.25) is 0 Å². The van der Waals surface area contributed by atoms with E-state index < -0.39 is 0 Å². The number of benzene rings is 1. The molecule has 0 saturated heterocycles. The van der Waals surface area contributed by atoms with Gasteiger partial charge in [-0.2, -0.15) is 0 Å². The lowest BCUT2D eigenvalue weighted by Crippen LogP contribution is -2.14. The largest absolute Gasteiger partial charge is 0.396 e. The van der Waals surface area contributed by atoms with Crippen molar-refractivity contribution in [2.45, 2.75) is 45.4 Å². The van der Waals surface area contributed by atoms with Crippen LogP contribution in [0.15, 0.2) is 29.4 Å². The Bertz CT molecular complexity index is 380. The van der Waals surface area contributed by atoms with Gasteiger partial charge in [-0.05, 0) is 51.0 Å². The van der Waals surface area contributed by atoms with Crippen LogP contribution in [-0.2, 0) is 4.84 Å². The van der Waals surface area contributed by atoms with Crippen molar-refractivity contribution in [1.82, 2.24) is 0 Å². The number of aryl methyl sites for hydroxylation is 1. The predicted octanol–water partition coefficient (Wildman–Crippen LogP) is 4.05. The maximum atomic E-state index is 5.16. The summed E-state index contributed by atoms with van der Waals surface area (Å²) in [7, 11) is 0. The minimum absolute atomic E-state index is 0.628. The van der Waals surface area contributed by atoms with Crippen LogP contribution in [0.1, 0.15) is 49.7 Å². The van der Waals surface area contributed by atoms with Crippen LogP contribution in [0.25, 0.3) is 0 Å². The Hall–Kier alpha value is -1.31. The molecule has 1 unspecified atom stereocenters. The van der Waals surface area contributed by atoms with Crippen LogP contribution < -0.4 is 0 Å². The van der Waals surface area contributed by atoms with Gasteiger partial charge in [0, 0.05) is 0 Å². The fourth-order valence-electron chi connectivity index (χ4n) is 2.40. The molecule has 0 amide bonds. The Morgan fingerprint density at radius 2 is 2.06 bits per heavy atom. The number of nitrogens with zero attached hydrogens (tertiary/aromatic N) is 1. The van der Waals surface area contributed by atoms with E-state index in [0.29, 0.717) is 12.5 Å². The topological polar surface area (TPSA) is 21.6 Å². The second-order valence-corrected chi connectivity index (χ2v) is 4.78. The molecule has 92 valence electrons. The van der Waals surface area contributed by atoms with Crippen LogP contribution in [0.4, 0.5) is 0 Å². The van der Waals surface area contributed by atoms with E-state index in [4.69, 9.17) is 4.84 Å². The fourth-order valence-corrected chi connectivity index (χ4v) is 2.40. The zero-order valence-corrected chi connectivity index (χ0v) is 10.8. The normalized spacial score (nSPS) is 22.7. The maximum Gasteiger partial charge on any atom is 0.114 e. The van der Waals surface area contributed by atoms with Gasteiger partial charge in [-0.25, -0.2) is 0 Å². The number of rotatable bonds is 3. The molecule has 17 heavy (non-hydrogen) atoms. The van der Waals surface area contributed by atoms with Crippen molar-refractivity contribution < 1.29 is 4.84 Å². The highest BCUT2D eigenvalue weighted by molar-refractivity contribution is 5.85. The number of oxime groups is 1. The first-order valence-corrected chi connectivity index (χ1v) is 6.54. The van der Waals surface area contributed by atoms with E-state index in [1.54, 1.807) is 0 Å². The average Bonchev–Trinajstić information content (AvgIpc) is 2.37. The molecule has 0 aliphatic heterocycles. The van der Waals surface area contributed by atoms with Crippen molar-refractivity contribution in [2.75, 3.05) is 6.61 Å². The SMILES string of the molecule is CCO/N=C1\CCCC(c2ccc(C)cc2)C1. The van der Waals surface area contributed by atoms with Gasteiger partial charge in [-0.1, -0.05) is 35.0 Å². The predicted molar refractivity (Wildman–Crippen MR) is 71.4 cm³/mol. The Balaban J connectivity index is 2.04. The van der Waals surface area contributed by atoms with E-state index in [-0.39, 0.29) is 0 Å². The first kappa shape index (κ1) is 12.2. The van der Waals surface area contributed by atoms with Crippen LogP contribution >= 0.6 is 0 Å². The fraction of sp³-hybridized carbons (Fsp3) is 0.533. The van der Waals surface area contributed by atoms with Gasteiger partial charge in [0.15, 0.2) is 0 Å². The highest BCUT2D eigenvalue weighted by atomic mass is 16.6. The lowest BCUT2D eigenvalue weighted by atomic mass is 9.83. The summed E-state index contributed by atoms with van der Waals surface area (Å²) in [4.78, 5) is 5.16. The zero-order valence-electron chi connectivity index (χ0n) is 10.8. The second-order valence-electron chi connectivity index (χ2n) is 4.78. The van der Waals surface area contributed by atoms with Gasteiger partial charge in [0.25, 0.3) is 0 Å². The quantitative estimate of drug-likeness (QED) is 0.719. The van der Waals surface area contributed by atoms with Crippen molar-refractivity contribution in [3.63, 3.8) is 0 Å². The van der Waals surface area contributed by atoms with E-state index >= 15 is 0 Å². The Labute approximate surface area is 104 Å². The Kier molecular flexibility index (Phi) is 4.18. The summed E-state index contributed by atoms with van der Waals surface area (Å²) in [6.45, 7) is 4.77. The third-order valence-corrected chi connectivity index (χ3v) is 3.37. The first-order chi connectivity index (χ1) is 8.29. The molecule has 1 aliphatic rings. The molecule has 2 nitrogen and oxygen atoms in total. The van der Waals surface area contributed by atoms with E-state index in [2.05, 4.69) is 36.3 Å². The minimum atomic E-state index is 0.628. The van der Waals surface area contributed by atoms with Gasteiger partial charge < -0.3 is 4.84 Å². The third kappa shape index (κ3) is 3.32. The van der Waals surface area contributed by atoms with Crippen molar-refractivity contribution in [1.29, 1.82) is 0 Å². The molecule has 0 spiro atoms. The van der Waals surface area contributed by atoms with Crippen molar-refractivity contribution >= 4 is 5.71 Å². The van der Waals surface area contributed by atoms with Crippen molar-refractivity contribution in [3.8, 4) is 0 Å². The van der Waals surface area contributed by atoms with Gasteiger partial charge >= 0.3 is 0 Å². The molecule has 0 heterocycles. The number of hydrogen-bond donors (Lipinski definition) is 0. The van der Waals surface area contributed by atoms with E-state index in [1.807, 2.05) is 6.92 Å². The highest BCUT2D eigenvalue weighted by Crippen LogP contribution is 2.31. The minimum Gasteiger partial charge on any atom is -0.396 e. The van der Waals surface area contributed by atoms with E-state index in [9.17, 15) is 0 Å². The molecule has 1 fully saturated rings. The number of hydrogen-bond acceptors (Lipinski definition) is 2. The standard InChI is InChI=1S/C15H21NO/c1-3-17-16-15-6-4-5-14(11-15)13-9-7-12(2)8-10-13/h7-10,14H,3-6,11H2,1-2H3/b16-15+. The van der Waals surface area contributed by atoms with Crippen LogP contribution in [-0.4, -0.2) is 12.3 Å². The molecule has 0 bridgehead atoms. The maximum absolute atomic E-state index is 5.16. The summed E-state index contributed by atoms with van der Waals surface area (Å²) < 4.78 is 0. The molecule has 0 aromatic heterocycles.